The van der Waals surface area contributed by atoms with Gasteiger partial charge < -0.3 is 15.2 Å². The van der Waals surface area contributed by atoms with Crippen LogP contribution in [0.3, 0.4) is 0 Å². The van der Waals surface area contributed by atoms with Crippen LogP contribution in [0.15, 0.2) is 95.2 Å². The molecule has 0 radical (unpaired) electrons. The Balaban J connectivity index is 1.09. The van der Waals surface area contributed by atoms with Crippen molar-refractivity contribution >= 4 is 44.8 Å². The van der Waals surface area contributed by atoms with Gasteiger partial charge in [0.15, 0.2) is 5.75 Å². The molecule has 62 heavy (non-hydrogen) atoms. The number of piperidine rings is 1. The van der Waals surface area contributed by atoms with Gasteiger partial charge >= 0.3 is 0 Å². The maximum absolute atomic E-state index is 16.6. The second-order valence-electron chi connectivity index (χ2n) is 15.9. The van der Waals surface area contributed by atoms with Crippen molar-refractivity contribution in [1.82, 2.24) is 34.7 Å². The molecule has 2 aliphatic rings. The van der Waals surface area contributed by atoms with Crippen molar-refractivity contribution in [2.24, 2.45) is 11.7 Å². The van der Waals surface area contributed by atoms with E-state index >= 15 is 4.39 Å². The highest BCUT2D eigenvalue weighted by Gasteiger charge is 2.37. The van der Waals surface area contributed by atoms with Gasteiger partial charge in [0.1, 0.15) is 30.1 Å². The van der Waals surface area contributed by atoms with Crippen molar-refractivity contribution in [2.75, 3.05) is 11.5 Å². The minimum atomic E-state index is -4.19. The number of amides is 3. The van der Waals surface area contributed by atoms with Gasteiger partial charge in [0.25, 0.3) is 5.95 Å². The number of halogens is 1. The minimum Gasteiger partial charge on any atom is -0.485 e. The summed E-state index contributed by atoms with van der Waals surface area (Å²) in [5, 5.41) is 11.3. The van der Waals surface area contributed by atoms with Crippen LogP contribution in [-0.2, 0) is 30.6 Å². The molecule has 8 rings (SSSR count). The van der Waals surface area contributed by atoms with Crippen molar-refractivity contribution in [2.45, 2.75) is 93.9 Å². The number of hydrogen-bond acceptors (Lipinski definition) is 12. The van der Waals surface area contributed by atoms with Gasteiger partial charge in [-0.05, 0) is 119 Å². The number of nitrogens with two attached hydrogens (primary N) is 1. The van der Waals surface area contributed by atoms with Crippen LogP contribution < -0.4 is 20.7 Å². The van der Waals surface area contributed by atoms with E-state index in [1.54, 1.807) is 41.3 Å². The molecule has 1 saturated heterocycles. The van der Waals surface area contributed by atoms with Crippen LogP contribution in [0.5, 0.6) is 5.75 Å². The number of carbonyl (C=O) groups excluding carboxylic acids is 3. The van der Waals surface area contributed by atoms with Gasteiger partial charge in [0.05, 0.1) is 27.8 Å². The molecule has 3 aromatic heterocycles. The zero-order chi connectivity index (χ0) is 43.9. The van der Waals surface area contributed by atoms with E-state index in [4.69, 9.17) is 20.2 Å². The Morgan fingerprint density at radius 3 is 2.50 bits per heavy atom. The first-order valence-electron chi connectivity index (χ1n) is 20.4. The number of nitrogens with one attached hydrogen (secondary N) is 1. The Morgan fingerprint density at radius 1 is 1.05 bits per heavy atom. The Morgan fingerprint density at radius 2 is 1.81 bits per heavy atom. The van der Waals surface area contributed by atoms with Crippen molar-refractivity contribution < 1.29 is 36.7 Å². The third-order valence-electron chi connectivity index (χ3n) is 11.2. The standard InChI is InChI=1S/C44H46FN9O7S/c1-5-60-26(4)52-23-32(22-48-52)39-40(61-25(2)3)42-50-44(51-53(42)24-47-39)54(37-15-16-38(55)49-43(37)57)36-14-13-34(21-35(36)45)62(58,59)33-8-6-7-27(20-33)17-28-18-31(19-28)29-9-11-30(12-10-29)41(46)56/h6-14,20-26,28,31,37H,5,15-19H2,1-4H3,(H2,46,56)(H,49,55,57)/t26?,28?,31?,37-/m0/s1. The van der Waals surface area contributed by atoms with E-state index < -0.39 is 39.4 Å². The predicted molar refractivity (Wildman–Crippen MR) is 225 cm³/mol. The van der Waals surface area contributed by atoms with Crippen LogP contribution in [-0.4, -0.2) is 74.3 Å². The van der Waals surface area contributed by atoms with Gasteiger partial charge in [-0.3, -0.25) is 24.6 Å². The number of carbonyl (C=O) groups is 3. The summed E-state index contributed by atoms with van der Waals surface area (Å²) in [6.07, 6.45) is 6.58. The summed E-state index contributed by atoms with van der Waals surface area (Å²) in [5.41, 5.74) is 8.84. The van der Waals surface area contributed by atoms with Gasteiger partial charge in [-0.2, -0.15) is 14.6 Å². The van der Waals surface area contributed by atoms with Gasteiger partial charge in [0.2, 0.25) is 33.2 Å². The summed E-state index contributed by atoms with van der Waals surface area (Å²) in [6.45, 7) is 7.91. The monoisotopic (exact) mass is 863 g/mol. The number of nitrogens with zero attached hydrogens (tertiary/aromatic N) is 7. The van der Waals surface area contributed by atoms with E-state index in [9.17, 15) is 22.8 Å². The second-order valence-corrected chi connectivity index (χ2v) is 17.8. The fraction of sp³-hybridized carbons (Fsp3) is 0.341. The summed E-state index contributed by atoms with van der Waals surface area (Å²) >= 11 is 0. The molecule has 2 fully saturated rings. The zero-order valence-corrected chi connectivity index (χ0v) is 35.4. The van der Waals surface area contributed by atoms with Crippen LogP contribution in [0, 0.1) is 11.7 Å². The lowest BCUT2D eigenvalue weighted by atomic mass is 9.69. The van der Waals surface area contributed by atoms with E-state index in [0.717, 1.165) is 30.0 Å². The van der Waals surface area contributed by atoms with Gasteiger partial charge in [0, 0.05) is 30.4 Å². The number of imide groups is 1. The van der Waals surface area contributed by atoms with Crippen molar-refractivity contribution in [3.63, 3.8) is 0 Å². The predicted octanol–water partition coefficient (Wildman–Crippen LogP) is 6.08. The fourth-order valence-corrected chi connectivity index (χ4v) is 9.39. The van der Waals surface area contributed by atoms with E-state index in [0.29, 0.717) is 41.7 Å². The molecule has 1 saturated carbocycles. The molecular formula is C44H46FN9O7S. The highest BCUT2D eigenvalue weighted by molar-refractivity contribution is 7.91. The second kappa shape index (κ2) is 17.1. The lowest BCUT2D eigenvalue weighted by molar-refractivity contribution is -0.134. The molecule has 3 amide bonds. The lowest BCUT2D eigenvalue weighted by Gasteiger charge is -2.36. The Kier molecular flexibility index (Phi) is 11.6. The average Bonchev–Trinajstić information content (AvgIpc) is 3.89. The molecule has 1 unspecified atom stereocenters. The Labute approximate surface area is 357 Å². The largest absolute Gasteiger partial charge is 0.485 e. The zero-order valence-electron chi connectivity index (χ0n) is 34.6. The van der Waals surface area contributed by atoms with Crippen molar-refractivity contribution in [3.05, 3.63) is 108 Å². The van der Waals surface area contributed by atoms with Crippen LogP contribution in [0.25, 0.3) is 16.9 Å². The quantitative estimate of drug-likeness (QED) is 0.113. The smallest absolute Gasteiger partial charge is 0.251 e. The first-order chi connectivity index (χ1) is 29.7. The molecule has 3 aromatic carbocycles. The molecule has 322 valence electrons. The lowest BCUT2D eigenvalue weighted by Crippen LogP contribution is -2.51. The van der Waals surface area contributed by atoms with E-state index in [1.165, 1.54) is 33.9 Å². The van der Waals surface area contributed by atoms with Crippen LogP contribution in [0.2, 0.25) is 0 Å². The summed E-state index contributed by atoms with van der Waals surface area (Å²) in [5.74, 6) is -1.79. The Hall–Kier alpha value is -6.53. The van der Waals surface area contributed by atoms with E-state index in [1.807, 2.05) is 45.9 Å². The number of benzene rings is 3. The highest BCUT2D eigenvalue weighted by atomic mass is 32.2. The fourth-order valence-electron chi connectivity index (χ4n) is 8.05. The number of hydrogen-bond donors (Lipinski definition) is 2. The first-order valence-corrected chi connectivity index (χ1v) is 21.9. The van der Waals surface area contributed by atoms with Crippen molar-refractivity contribution in [1.29, 1.82) is 0 Å². The highest BCUT2D eigenvalue weighted by Crippen LogP contribution is 2.44. The summed E-state index contributed by atoms with van der Waals surface area (Å²) in [4.78, 5) is 47.5. The SMILES string of the molecule is CCOC(C)n1cc(-c2ncn3nc(N(c4ccc(S(=O)(=O)c5cccc(CC6CC(c7ccc(C(N)=O)cc7)C6)c5)cc4F)[C@H]4CCC(=O)NC4=O)nc3c2OC(C)C)cn1. The normalized spacial score (nSPS) is 18.4. The average molecular weight is 864 g/mol. The summed E-state index contributed by atoms with van der Waals surface area (Å²) < 4.78 is 59.6. The number of ether oxygens (including phenoxy) is 2. The molecule has 4 heterocycles. The maximum Gasteiger partial charge on any atom is 0.251 e. The summed E-state index contributed by atoms with van der Waals surface area (Å²) in [6, 6.07) is 16.3. The number of anilines is 2. The van der Waals surface area contributed by atoms with Gasteiger partial charge in [-0.15, -0.1) is 5.10 Å². The molecule has 16 nitrogen and oxygen atoms in total. The van der Waals surface area contributed by atoms with E-state index in [2.05, 4.69) is 20.5 Å². The third-order valence-corrected chi connectivity index (χ3v) is 13.0. The molecule has 3 N–H and O–H groups in total. The molecular weight excluding hydrogens is 818 g/mol. The molecule has 1 aliphatic carbocycles. The van der Waals surface area contributed by atoms with Crippen LogP contribution in [0.1, 0.15) is 87.0 Å². The van der Waals surface area contributed by atoms with Crippen molar-refractivity contribution in [3.8, 4) is 17.0 Å². The van der Waals surface area contributed by atoms with Crippen LogP contribution in [0.4, 0.5) is 16.0 Å². The van der Waals surface area contributed by atoms with E-state index in [-0.39, 0.29) is 58.0 Å². The van der Waals surface area contributed by atoms with Gasteiger partial charge in [-0.25, -0.2) is 22.5 Å². The van der Waals surface area contributed by atoms with Gasteiger partial charge in [-0.1, -0.05) is 24.3 Å². The molecule has 0 bridgehead atoms. The number of aromatic nitrogens is 6. The number of fused-ring (bicyclic) bond motifs is 1. The number of primary amides is 1. The molecule has 6 aromatic rings. The summed E-state index contributed by atoms with van der Waals surface area (Å²) in [7, 11) is -4.19. The first kappa shape index (κ1) is 42.2. The Bertz CT molecular complexity index is 2780. The number of sulfone groups is 1. The topological polar surface area (TPSA) is 206 Å². The molecule has 0 spiro atoms. The molecule has 18 heteroatoms. The van der Waals surface area contributed by atoms with Crippen LogP contribution >= 0.6 is 0 Å². The third kappa shape index (κ3) is 8.39. The molecule has 2 atom stereocenters. The maximum atomic E-state index is 16.6. The molecule has 1 aliphatic heterocycles. The number of rotatable bonds is 15. The minimum absolute atomic E-state index is 0.00582.